The summed E-state index contributed by atoms with van der Waals surface area (Å²) in [6.45, 7) is 9.46. The number of ether oxygens (including phenoxy) is 1. The third-order valence-corrected chi connectivity index (χ3v) is 4.56. The van der Waals surface area contributed by atoms with Crippen molar-refractivity contribution in [2.24, 2.45) is 17.6 Å². The maximum atomic E-state index is 12.1. The van der Waals surface area contributed by atoms with E-state index in [9.17, 15) is 9.59 Å². The highest BCUT2D eigenvalue weighted by molar-refractivity contribution is 5.91. The predicted octanol–water partition coefficient (Wildman–Crippen LogP) is 4.21. The van der Waals surface area contributed by atoms with E-state index in [0.29, 0.717) is 6.42 Å². The minimum absolute atomic E-state index is 0.0774. The zero-order valence-corrected chi connectivity index (χ0v) is 15.1. The number of hydrogen-bond donors (Lipinski definition) is 1. The third-order valence-electron chi connectivity index (χ3n) is 4.56. The molecule has 0 spiro atoms. The third kappa shape index (κ3) is 7.39. The number of carbonyl (C=O) groups is 2. The molecule has 2 unspecified atom stereocenters. The second-order valence-electron chi connectivity index (χ2n) is 6.81. The van der Waals surface area contributed by atoms with Crippen molar-refractivity contribution < 1.29 is 14.3 Å². The average Bonchev–Trinajstić information content (AvgIpc) is 2.46. The Morgan fingerprint density at radius 1 is 1.05 bits per heavy atom. The maximum absolute atomic E-state index is 12.1. The first-order valence-electron chi connectivity index (χ1n) is 8.82. The number of carbonyl (C=O) groups excluding carboxylic acids is 2. The molecule has 0 saturated carbocycles. The van der Waals surface area contributed by atoms with Crippen LogP contribution >= 0.6 is 0 Å². The van der Waals surface area contributed by atoms with Crippen LogP contribution in [0.4, 0.5) is 0 Å². The summed E-state index contributed by atoms with van der Waals surface area (Å²) in [6.07, 6.45) is 8.62. The molecule has 0 aromatic heterocycles. The molecule has 130 valence electrons. The van der Waals surface area contributed by atoms with Crippen LogP contribution in [0.1, 0.15) is 86.0 Å². The number of rotatable bonds is 11. The minimum atomic E-state index is -1.12. The smallest absolute Gasteiger partial charge is 0.333 e. The second kappa shape index (κ2) is 10.8. The van der Waals surface area contributed by atoms with Gasteiger partial charge in [-0.3, -0.25) is 4.79 Å². The van der Waals surface area contributed by atoms with Gasteiger partial charge in [0.2, 0.25) is 0 Å². The van der Waals surface area contributed by atoms with Gasteiger partial charge >= 0.3 is 11.9 Å². The molecule has 22 heavy (non-hydrogen) atoms. The Morgan fingerprint density at radius 3 is 2.09 bits per heavy atom. The van der Waals surface area contributed by atoms with E-state index < -0.39 is 17.5 Å². The highest BCUT2D eigenvalue weighted by atomic mass is 16.6. The molecule has 0 rings (SSSR count). The molecule has 0 aromatic carbocycles. The maximum Gasteiger partial charge on any atom is 0.333 e. The summed E-state index contributed by atoms with van der Waals surface area (Å²) in [5.41, 5.74) is 4.82. The van der Waals surface area contributed by atoms with Crippen LogP contribution in [-0.2, 0) is 14.3 Å². The van der Waals surface area contributed by atoms with Crippen LogP contribution in [0.5, 0.6) is 0 Å². The summed E-state index contributed by atoms with van der Waals surface area (Å²) in [7, 11) is 0. The molecule has 4 nitrogen and oxygen atoms in total. The zero-order chi connectivity index (χ0) is 17.2. The first-order valence-corrected chi connectivity index (χ1v) is 8.82. The predicted molar refractivity (Wildman–Crippen MR) is 90.3 cm³/mol. The molecule has 0 amide bonds. The molecule has 0 radical (unpaired) electrons. The molecule has 0 aliphatic heterocycles. The number of unbranched alkanes of at least 4 members (excludes halogenated alkanes) is 5. The fourth-order valence-electron chi connectivity index (χ4n) is 2.18. The molecular weight excluding hydrogens is 278 g/mol. The van der Waals surface area contributed by atoms with Gasteiger partial charge in [0.25, 0.3) is 0 Å². The van der Waals surface area contributed by atoms with Crippen LogP contribution in [-0.4, -0.2) is 17.5 Å². The van der Waals surface area contributed by atoms with Gasteiger partial charge in [0.05, 0.1) is 5.92 Å². The van der Waals surface area contributed by atoms with Gasteiger partial charge in [0, 0.05) is 0 Å². The van der Waals surface area contributed by atoms with E-state index in [1.165, 1.54) is 25.7 Å². The highest BCUT2D eigenvalue weighted by Crippen LogP contribution is 2.20. The van der Waals surface area contributed by atoms with Gasteiger partial charge in [-0.2, -0.15) is 0 Å². The summed E-state index contributed by atoms with van der Waals surface area (Å²) >= 11 is 0. The van der Waals surface area contributed by atoms with Crippen LogP contribution in [0.15, 0.2) is 0 Å². The van der Waals surface area contributed by atoms with E-state index in [-0.39, 0.29) is 11.8 Å². The van der Waals surface area contributed by atoms with Crippen LogP contribution in [0, 0.1) is 11.8 Å². The van der Waals surface area contributed by atoms with E-state index in [2.05, 4.69) is 6.92 Å². The molecule has 0 bridgehead atoms. The van der Waals surface area contributed by atoms with E-state index in [4.69, 9.17) is 10.5 Å². The second-order valence-corrected chi connectivity index (χ2v) is 6.81. The van der Waals surface area contributed by atoms with Gasteiger partial charge in [0.15, 0.2) is 0 Å². The van der Waals surface area contributed by atoms with Crippen molar-refractivity contribution in [1.82, 2.24) is 0 Å². The van der Waals surface area contributed by atoms with Crippen LogP contribution in [0.3, 0.4) is 0 Å². The van der Waals surface area contributed by atoms with E-state index >= 15 is 0 Å². The fraction of sp³-hybridized carbons (Fsp3) is 0.889. The van der Waals surface area contributed by atoms with Crippen LogP contribution in [0.25, 0.3) is 0 Å². The topological polar surface area (TPSA) is 69.4 Å². The molecule has 0 heterocycles. The monoisotopic (exact) mass is 313 g/mol. The molecular formula is C18H35NO3. The van der Waals surface area contributed by atoms with Gasteiger partial charge in [-0.1, -0.05) is 66.2 Å². The first kappa shape index (κ1) is 21.1. The summed E-state index contributed by atoms with van der Waals surface area (Å²) < 4.78 is 5.02. The Bertz CT molecular complexity index is 337. The fourth-order valence-corrected chi connectivity index (χ4v) is 2.18. The Hall–Kier alpha value is -0.900. The molecule has 2 N–H and O–H groups in total. The van der Waals surface area contributed by atoms with Crippen LogP contribution in [0.2, 0.25) is 0 Å². The van der Waals surface area contributed by atoms with Crippen molar-refractivity contribution in [1.29, 1.82) is 0 Å². The minimum Gasteiger partial charge on any atom is -0.392 e. The van der Waals surface area contributed by atoms with Gasteiger partial charge < -0.3 is 10.5 Å². The number of hydrogen-bond acceptors (Lipinski definition) is 4. The average molecular weight is 313 g/mol. The van der Waals surface area contributed by atoms with Crippen molar-refractivity contribution in [3.63, 3.8) is 0 Å². The molecule has 0 aromatic rings. The Balaban J connectivity index is 4.22. The quantitative estimate of drug-likeness (QED) is 0.352. The summed E-state index contributed by atoms with van der Waals surface area (Å²) in [5, 5.41) is 0. The lowest BCUT2D eigenvalue weighted by molar-refractivity contribution is -0.167. The van der Waals surface area contributed by atoms with Crippen molar-refractivity contribution >= 4 is 11.9 Å². The lowest BCUT2D eigenvalue weighted by atomic mass is 9.90. The van der Waals surface area contributed by atoms with E-state index in [1.807, 2.05) is 20.8 Å². The van der Waals surface area contributed by atoms with Crippen molar-refractivity contribution in [2.75, 3.05) is 0 Å². The summed E-state index contributed by atoms with van der Waals surface area (Å²) in [6, 6.07) is 0. The largest absolute Gasteiger partial charge is 0.392 e. The van der Waals surface area contributed by atoms with Gasteiger partial charge in [-0.25, -0.2) is 4.79 Å². The normalized spacial score (nSPS) is 15.4. The standard InChI is InChI=1S/C18H35NO3/c1-6-8-9-10-11-12-13-15(7-2)16(20)22-17(21)18(5,19)14(3)4/h14-15H,6-13,19H2,1-5H3. The van der Waals surface area contributed by atoms with Gasteiger partial charge in [-0.05, 0) is 25.7 Å². The lowest BCUT2D eigenvalue weighted by Gasteiger charge is -2.26. The molecule has 0 fully saturated rings. The van der Waals surface area contributed by atoms with Gasteiger partial charge in [0.1, 0.15) is 5.54 Å². The SMILES string of the molecule is CCCCCCCCC(CC)C(=O)OC(=O)C(C)(N)C(C)C. The number of esters is 2. The number of nitrogens with two attached hydrogens (primary N) is 1. The van der Waals surface area contributed by atoms with Crippen LogP contribution < -0.4 is 5.73 Å². The Kier molecular flexibility index (Phi) is 10.3. The first-order chi connectivity index (χ1) is 10.3. The van der Waals surface area contributed by atoms with Crippen molar-refractivity contribution in [2.45, 2.75) is 91.5 Å². The molecule has 0 aliphatic rings. The highest BCUT2D eigenvalue weighted by Gasteiger charge is 2.36. The van der Waals surface area contributed by atoms with Gasteiger partial charge in [-0.15, -0.1) is 0 Å². The summed E-state index contributed by atoms with van der Waals surface area (Å²) in [5.74, 6) is -1.31. The molecule has 0 aliphatic carbocycles. The Morgan fingerprint density at radius 2 is 1.59 bits per heavy atom. The summed E-state index contributed by atoms with van der Waals surface area (Å²) in [4.78, 5) is 24.1. The molecule has 4 heteroatoms. The zero-order valence-electron chi connectivity index (χ0n) is 15.1. The van der Waals surface area contributed by atoms with Crippen molar-refractivity contribution in [3.05, 3.63) is 0 Å². The van der Waals surface area contributed by atoms with Crippen molar-refractivity contribution in [3.8, 4) is 0 Å². The molecule has 2 atom stereocenters. The van der Waals surface area contributed by atoms with E-state index in [0.717, 1.165) is 19.3 Å². The molecule has 0 saturated heterocycles. The Labute approximate surface area is 136 Å². The lowest BCUT2D eigenvalue weighted by Crippen LogP contribution is -2.51. The van der Waals surface area contributed by atoms with E-state index in [1.54, 1.807) is 6.92 Å².